The SMILES string of the molecule is CCCCC1(CCCC)OB(C2CCNC(C(=O)OC(C)(C)C)C2)OC1(CCCC)CCCC. The van der Waals surface area contributed by atoms with Crippen LogP contribution in [0.5, 0.6) is 0 Å². The van der Waals surface area contributed by atoms with Crippen molar-refractivity contribution >= 4 is 13.1 Å². The second kappa shape index (κ2) is 13.6. The van der Waals surface area contributed by atoms with Crippen LogP contribution in [0.25, 0.3) is 0 Å². The minimum atomic E-state index is -0.475. The third-order valence-corrected chi connectivity index (χ3v) is 7.77. The molecule has 0 aromatic carbocycles. The van der Waals surface area contributed by atoms with E-state index in [0.717, 1.165) is 45.1 Å². The fourth-order valence-electron chi connectivity index (χ4n) is 5.87. The molecule has 0 aliphatic carbocycles. The van der Waals surface area contributed by atoms with Crippen molar-refractivity contribution in [3.8, 4) is 0 Å². The first kappa shape index (κ1) is 29.6. The van der Waals surface area contributed by atoms with E-state index in [9.17, 15) is 4.79 Å². The highest BCUT2D eigenvalue weighted by atomic mass is 16.7. The number of hydrogen-bond donors (Lipinski definition) is 1. The fraction of sp³-hybridized carbons (Fsp3) is 0.964. The predicted molar refractivity (Wildman–Crippen MR) is 142 cm³/mol. The second-order valence-corrected chi connectivity index (χ2v) is 11.8. The summed E-state index contributed by atoms with van der Waals surface area (Å²) in [6.45, 7) is 15.7. The molecule has 1 N–H and O–H groups in total. The predicted octanol–water partition coefficient (Wildman–Crippen LogP) is 7.22. The van der Waals surface area contributed by atoms with E-state index in [1.54, 1.807) is 0 Å². The molecule has 0 bridgehead atoms. The summed E-state index contributed by atoms with van der Waals surface area (Å²) in [6.07, 6.45) is 15.4. The minimum absolute atomic E-state index is 0.151. The van der Waals surface area contributed by atoms with Crippen LogP contribution in [0.2, 0.25) is 5.82 Å². The van der Waals surface area contributed by atoms with Crippen molar-refractivity contribution in [2.75, 3.05) is 6.54 Å². The van der Waals surface area contributed by atoms with Crippen LogP contribution in [0.3, 0.4) is 0 Å². The molecule has 0 spiro atoms. The second-order valence-electron chi connectivity index (χ2n) is 11.8. The van der Waals surface area contributed by atoms with E-state index in [1.165, 1.54) is 51.4 Å². The lowest BCUT2D eigenvalue weighted by molar-refractivity contribution is -0.158. The van der Waals surface area contributed by atoms with Gasteiger partial charge in [-0.25, -0.2) is 0 Å². The van der Waals surface area contributed by atoms with Crippen LogP contribution in [0.1, 0.15) is 138 Å². The highest BCUT2D eigenvalue weighted by molar-refractivity contribution is 6.47. The Kier molecular flexibility index (Phi) is 11.9. The van der Waals surface area contributed by atoms with Crippen molar-refractivity contribution in [3.63, 3.8) is 0 Å². The number of hydrogen-bond acceptors (Lipinski definition) is 5. The van der Waals surface area contributed by atoms with Crippen LogP contribution < -0.4 is 5.32 Å². The summed E-state index contributed by atoms with van der Waals surface area (Å²) in [5.74, 6) is 0.0631. The Morgan fingerprint density at radius 1 is 0.882 bits per heavy atom. The number of esters is 1. The first-order valence-corrected chi connectivity index (χ1v) is 14.5. The average molecular weight is 480 g/mol. The van der Waals surface area contributed by atoms with Crippen molar-refractivity contribution in [3.05, 3.63) is 0 Å². The Labute approximate surface area is 211 Å². The molecule has 2 unspecified atom stereocenters. The molecule has 2 rings (SSSR count). The van der Waals surface area contributed by atoms with E-state index in [-0.39, 0.29) is 36.1 Å². The van der Waals surface area contributed by atoms with Gasteiger partial charge in [0.05, 0.1) is 11.2 Å². The zero-order valence-corrected chi connectivity index (χ0v) is 23.5. The Balaban J connectivity index is 2.31. The number of nitrogens with one attached hydrogen (secondary N) is 1. The molecule has 2 fully saturated rings. The molecule has 6 heteroatoms. The highest BCUT2D eigenvalue weighted by Crippen LogP contribution is 2.53. The van der Waals surface area contributed by atoms with Crippen LogP contribution >= 0.6 is 0 Å². The third-order valence-electron chi connectivity index (χ3n) is 7.77. The van der Waals surface area contributed by atoms with Gasteiger partial charge in [-0.1, -0.05) is 79.1 Å². The summed E-state index contributed by atoms with van der Waals surface area (Å²) >= 11 is 0. The van der Waals surface area contributed by atoms with Crippen LogP contribution in [0.4, 0.5) is 0 Å². The van der Waals surface area contributed by atoms with Gasteiger partial charge in [0.25, 0.3) is 0 Å². The molecular formula is C28H54BNO4. The van der Waals surface area contributed by atoms with Crippen LogP contribution in [0, 0.1) is 0 Å². The number of unbranched alkanes of at least 4 members (excludes halogenated alkanes) is 4. The molecular weight excluding hydrogens is 425 g/mol. The standard InChI is InChI=1S/C28H54BNO4/c1-8-12-17-27(18-13-9-2)28(19-14-10-3,20-15-11-4)34-29(33-27)23-16-21-30-24(22-23)25(31)32-26(5,6)7/h23-24,30H,8-22H2,1-7H3. The number of rotatable bonds is 14. The quantitative estimate of drug-likeness (QED) is 0.210. The van der Waals surface area contributed by atoms with Crippen LogP contribution in [-0.2, 0) is 18.8 Å². The summed E-state index contributed by atoms with van der Waals surface area (Å²) in [6, 6.07) is -0.285. The molecule has 2 aliphatic heterocycles. The molecule has 0 aromatic rings. The number of carbonyl (C=O) groups is 1. The number of piperidine rings is 1. The molecule has 0 saturated carbocycles. The summed E-state index contributed by atoms with van der Waals surface area (Å²) in [7, 11) is -0.227. The molecule has 0 radical (unpaired) electrons. The Morgan fingerprint density at radius 2 is 1.32 bits per heavy atom. The lowest BCUT2D eigenvalue weighted by Crippen LogP contribution is -2.52. The van der Waals surface area contributed by atoms with Gasteiger partial charge in [-0.15, -0.1) is 0 Å². The summed E-state index contributed by atoms with van der Waals surface area (Å²) in [5, 5.41) is 3.39. The third kappa shape index (κ3) is 7.70. The largest absolute Gasteiger partial charge is 0.461 e. The summed E-state index contributed by atoms with van der Waals surface area (Å²) in [5.41, 5.74) is -0.891. The lowest BCUT2D eigenvalue weighted by atomic mass is 9.65. The highest BCUT2D eigenvalue weighted by Gasteiger charge is 2.61. The molecule has 2 heterocycles. The van der Waals surface area contributed by atoms with E-state index in [2.05, 4.69) is 33.0 Å². The van der Waals surface area contributed by atoms with Gasteiger partial charge in [0, 0.05) is 0 Å². The van der Waals surface area contributed by atoms with Crippen molar-refractivity contribution in [1.29, 1.82) is 0 Å². The normalized spacial score (nSPS) is 24.4. The topological polar surface area (TPSA) is 56.8 Å². The molecule has 2 atom stereocenters. The molecule has 2 aliphatic rings. The summed E-state index contributed by atoms with van der Waals surface area (Å²) < 4.78 is 20.0. The summed E-state index contributed by atoms with van der Waals surface area (Å²) in [4.78, 5) is 12.8. The van der Waals surface area contributed by atoms with Crippen molar-refractivity contribution in [2.45, 2.75) is 167 Å². The van der Waals surface area contributed by atoms with E-state index in [0.29, 0.717) is 0 Å². The fourth-order valence-corrected chi connectivity index (χ4v) is 5.87. The Hall–Kier alpha value is -0.585. The van der Waals surface area contributed by atoms with Crippen molar-refractivity contribution in [2.24, 2.45) is 0 Å². The zero-order chi connectivity index (χ0) is 25.2. The van der Waals surface area contributed by atoms with Gasteiger partial charge in [-0.2, -0.15) is 0 Å². The van der Waals surface area contributed by atoms with Gasteiger partial charge >= 0.3 is 13.1 Å². The molecule has 2 saturated heterocycles. The molecule has 34 heavy (non-hydrogen) atoms. The van der Waals surface area contributed by atoms with Gasteiger partial charge in [-0.05, 0) is 71.7 Å². The maximum absolute atomic E-state index is 12.8. The average Bonchev–Trinajstić information content (AvgIpc) is 3.12. The van der Waals surface area contributed by atoms with Crippen LogP contribution in [-0.4, -0.2) is 42.5 Å². The van der Waals surface area contributed by atoms with Crippen LogP contribution in [0.15, 0.2) is 0 Å². The molecule has 0 amide bonds. The van der Waals surface area contributed by atoms with Gasteiger partial charge in [0.15, 0.2) is 0 Å². The van der Waals surface area contributed by atoms with Gasteiger partial charge < -0.3 is 19.4 Å². The number of carbonyl (C=O) groups excluding carboxylic acids is 1. The Bertz CT molecular complexity index is 562. The molecule has 0 aromatic heterocycles. The van der Waals surface area contributed by atoms with E-state index >= 15 is 0 Å². The number of ether oxygens (including phenoxy) is 1. The first-order chi connectivity index (χ1) is 16.2. The van der Waals surface area contributed by atoms with E-state index in [1.807, 2.05) is 20.8 Å². The van der Waals surface area contributed by atoms with Gasteiger partial charge in [-0.3, -0.25) is 4.79 Å². The first-order valence-electron chi connectivity index (χ1n) is 14.5. The Morgan fingerprint density at radius 3 is 1.71 bits per heavy atom. The van der Waals surface area contributed by atoms with Crippen molar-refractivity contribution < 1.29 is 18.8 Å². The molecule has 198 valence electrons. The van der Waals surface area contributed by atoms with Gasteiger partial charge in [0.2, 0.25) is 0 Å². The molecule has 5 nitrogen and oxygen atoms in total. The monoisotopic (exact) mass is 479 g/mol. The minimum Gasteiger partial charge on any atom is -0.459 e. The smallest absolute Gasteiger partial charge is 0.459 e. The van der Waals surface area contributed by atoms with E-state index < -0.39 is 5.60 Å². The maximum Gasteiger partial charge on any atom is 0.461 e. The van der Waals surface area contributed by atoms with Gasteiger partial charge in [0.1, 0.15) is 11.6 Å². The maximum atomic E-state index is 12.8. The zero-order valence-electron chi connectivity index (χ0n) is 23.5. The lowest BCUT2D eigenvalue weighted by Gasteiger charge is -2.45. The van der Waals surface area contributed by atoms with Crippen molar-refractivity contribution in [1.82, 2.24) is 5.32 Å². The van der Waals surface area contributed by atoms with E-state index in [4.69, 9.17) is 14.0 Å².